The van der Waals surface area contributed by atoms with Crippen molar-refractivity contribution < 1.29 is 38.1 Å². The van der Waals surface area contributed by atoms with Crippen LogP contribution >= 0.6 is 0 Å². The van der Waals surface area contributed by atoms with Crippen LogP contribution in [0.3, 0.4) is 0 Å². The number of nitrogens with one attached hydrogen (secondary N) is 2. The van der Waals surface area contributed by atoms with Gasteiger partial charge in [-0.15, -0.1) is 0 Å². The van der Waals surface area contributed by atoms with Crippen LogP contribution in [0.2, 0.25) is 0 Å². The van der Waals surface area contributed by atoms with Gasteiger partial charge in [0, 0.05) is 17.7 Å². The fourth-order valence-corrected chi connectivity index (χ4v) is 3.88. The number of esters is 2. The van der Waals surface area contributed by atoms with Crippen molar-refractivity contribution in [2.45, 2.75) is 33.6 Å². The van der Waals surface area contributed by atoms with Crippen molar-refractivity contribution in [1.82, 2.24) is 5.32 Å². The number of nitrogens with zero attached hydrogens (tertiary/aromatic N) is 1. The predicted molar refractivity (Wildman–Crippen MR) is 156 cm³/mol. The Morgan fingerprint density at radius 2 is 1.69 bits per heavy atom. The van der Waals surface area contributed by atoms with Crippen molar-refractivity contribution in [2.75, 3.05) is 32.0 Å². The molecule has 0 atom stereocenters. The standard InChI is InChI=1S/C31H35N3O8/c1-6-17-40-30(38)33-27(32)22-12-14-23(15-13-22)34-18-24(39-5)26(28(34)36)21-10-7-20(8-11-21)9-16-25(35)41-19-42-29(37)31(2,3)4/h6-8,10-15H,1,9,16-19H2,2-5H3,(H2,32,33,38). The molecule has 0 unspecified atom stereocenters. The van der Waals surface area contributed by atoms with E-state index in [0.29, 0.717) is 34.6 Å². The Labute approximate surface area is 244 Å². The number of anilines is 1. The van der Waals surface area contributed by atoms with Gasteiger partial charge in [0.05, 0.1) is 24.6 Å². The topological polar surface area (TPSA) is 144 Å². The van der Waals surface area contributed by atoms with Gasteiger partial charge in [-0.1, -0.05) is 36.9 Å². The first-order chi connectivity index (χ1) is 19.9. The van der Waals surface area contributed by atoms with Crippen LogP contribution in [0.5, 0.6) is 0 Å². The highest BCUT2D eigenvalue weighted by Crippen LogP contribution is 2.32. The maximum absolute atomic E-state index is 13.4. The second kappa shape index (κ2) is 14.1. The molecule has 0 aromatic heterocycles. The zero-order valence-corrected chi connectivity index (χ0v) is 24.2. The van der Waals surface area contributed by atoms with Gasteiger partial charge in [-0.3, -0.25) is 25.1 Å². The lowest BCUT2D eigenvalue weighted by Crippen LogP contribution is -2.31. The minimum absolute atomic E-state index is 0.0293. The molecule has 0 aliphatic carbocycles. The third kappa shape index (κ3) is 8.29. The average molecular weight is 578 g/mol. The van der Waals surface area contributed by atoms with Gasteiger partial charge in [-0.05, 0) is 62.6 Å². The summed E-state index contributed by atoms with van der Waals surface area (Å²) in [6.07, 6.45) is 1.17. The number of carbonyl (C=O) groups excluding carboxylic acids is 4. The molecule has 2 N–H and O–H groups in total. The molecule has 0 saturated heterocycles. The van der Waals surface area contributed by atoms with Crippen LogP contribution in [-0.2, 0) is 39.8 Å². The highest BCUT2D eigenvalue weighted by atomic mass is 16.7. The van der Waals surface area contributed by atoms with Gasteiger partial charge >= 0.3 is 18.0 Å². The third-order valence-corrected chi connectivity index (χ3v) is 6.20. The van der Waals surface area contributed by atoms with E-state index >= 15 is 0 Å². The maximum Gasteiger partial charge on any atom is 0.413 e. The molecule has 1 aliphatic heterocycles. The number of aryl methyl sites for hydroxylation is 1. The summed E-state index contributed by atoms with van der Waals surface area (Å²) in [5.74, 6) is -0.830. The maximum atomic E-state index is 13.4. The Morgan fingerprint density at radius 3 is 2.29 bits per heavy atom. The fourth-order valence-electron chi connectivity index (χ4n) is 3.88. The van der Waals surface area contributed by atoms with Gasteiger partial charge in [-0.25, -0.2) is 4.79 Å². The molecule has 2 amide bonds. The Balaban J connectivity index is 1.58. The molecule has 222 valence electrons. The van der Waals surface area contributed by atoms with Crippen LogP contribution < -0.4 is 10.2 Å². The minimum atomic E-state index is -0.762. The second-order valence-corrected chi connectivity index (χ2v) is 10.3. The largest absolute Gasteiger partial charge is 0.498 e. The Kier molecular flexibility index (Phi) is 10.6. The molecule has 42 heavy (non-hydrogen) atoms. The highest BCUT2D eigenvalue weighted by molar-refractivity contribution is 6.29. The van der Waals surface area contributed by atoms with Crippen LogP contribution in [0.1, 0.15) is 43.9 Å². The lowest BCUT2D eigenvalue weighted by atomic mass is 9.98. The van der Waals surface area contributed by atoms with Crippen molar-refractivity contribution in [3.05, 3.63) is 83.6 Å². The fraction of sp³-hybridized carbons (Fsp3) is 0.323. The van der Waals surface area contributed by atoms with E-state index in [0.717, 1.165) is 5.56 Å². The van der Waals surface area contributed by atoms with Crippen LogP contribution in [0, 0.1) is 10.8 Å². The van der Waals surface area contributed by atoms with Crippen molar-refractivity contribution in [2.24, 2.45) is 5.41 Å². The van der Waals surface area contributed by atoms with E-state index in [4.69, 9.17) is 24.4 Å². The van der Waals surface area contributed by atoms with Gasteiger partial charge in [0.15, 0.2) is 0 Å². The molecule has 0 radical (unpaired) electrons. The van der Waals surface area contributed by atoms with Gasteiger partial charge in [0.1, 0.15) is 18.2 Å². The Bertz CT molecular complexity index is 1370. The van der Waals surface area contributed by atoms with Crippen LogP contribution in [0.25, 0.3) is 5.57 Å². The van der Waals surface area contributed by atoms with E-state index in [1.807, 2.05) is 12.1 Å². The monoisotopic (exact) mass is 577 g/mol. The molecule has 0 spiro atoms. The number of alkyl carbamates (subject to hydrolysis) is 1. The SMILES string of the molecule is C=CCOC(=O)NC(=N)c1ccc(N2CC(OC)=C(c3ccc(CCC(=O)OCOC(=O)C(C)(C)C)cc3)C2=O)cc1. The first-order valence-corrected chi connectivity index (χ1v) is 13.2. The van der Waals surface area contributed by atoms with Crippen molar-refractivity contribution >= 4 is 41.0 Å². The molecule has 0 bridgehead atoms. The number of hydrogen-bond acceptors (Lipinski definition) is 9. The van der Waals surface area contributed by atoms with E-state index in [2.05, 4.69) is 11.9 Å². The third-order valence-electron chi connectivity index (χ3n) is 6.20. The number of benzene rings is 2. The van der Waals surface area contributed by atoms with Crippen molar-refractivity contribution in [1.29, 1.82) is 5.41 Å². The zero-order chi connectivity index (χ0) is 30.9. The van der Waals surface area contributed by atoms with Gasteiger partial charge in [0.25, 0.3) is 5.91 Å². The predicted octanol–water partition coefficient (Wildman–Crippen LogP) is 4.35. The number of hydrogen-bond donors (Lipinski definition) is 2. The normalized spacial score (nSPS) is 13.0. The molecule has 2 aromatic rings. The lowest BCUT2D eigenvalue weighted by molar-refractivity contribution is -0.173. The summed E-state index contributed by atoms with van der Waals surface area (Å²) >= 11 is 0. The van der Waals surface area contributed by atoms with Crippen LogP contribution in [0.4, 0.5) is 10.5 Å². The molecule has 1 aliphatic rings. The first-order valence-electron chi connectivity index (χ1n) is 13.2. The van der Waals surface area contributed by atoms with E-state index < -0.39 is 30.2 Å². The summed E-state index contributed by atoms with van der Waals surface area (Å²) in [6.45, 7) is 8.42. The summed E-state index contributed by atoms with van der Waals surface area (Å²) in [7, 11) is 1.51. The molecular formula is C31H35N3O8. The summed E-state index contributed by atoms with van der Waals surface area (Å²) < 4.78 is 20.3. The summed E-state index contributed by atoms with van der Waals surface area (Å²) in [4.78, 5) is 50.5. The van der Waals surface area contributed by atoms with E-state index in [9.17, 15) is 19.2 Å². The van der Waals surface area contributed by atoms with Crippen molar-refractivity contribution in [3.63, 3.8) is 0 Å². The molecule has 2 aromatic carbocycles. The van der Waals surface area contributed by atoms with Gasteiger partial charge in [0.2, 0.25) is 6.79 Å². The van der Waals surface area contributed by atoms with Gasteiger partial charge < -0.3 is 23.8 Å². The number of carbonyl (C=O) groups is 4. The number of rotatable bonds is 11. The quantitative estimate of drug-likeness (QED) is 0.132. The minimum Gasteiger partial charge on any atom is -0.498 e. The summed E-state index contributed by atoms with van der Waals surface area (Å²) in [5.41, 5.74) is 2.31. The molecule has 0 saturated carbocycles. The van der Waals surface area contributed by atoms with Gasteiger partial charge in [-0.2, -0.15) is 0 Å². The molecule has 1 heterocycles. The van der Waals surface area contributed by atoms with E-state index in [-0.39, 0.29) is 31.3 Å². The molecule has 11 nitrogen and oxygen atoms in total. The van der Waals surface area contributed by atoms with Crippen LogP contribution in [-0.4, -0.2) is 56.8 Å². The Morgan fingerprint density at radius 1 is 1.02 bits per heavy atom. The second-order valence-electron chi connectivity index (χ2n) is 10.3. The number of amidine groups is 1. The molecule has 3 rings (SSSR count). The average Bonchev–Trinajstić information content (AvgIpc) is 3.30. The molecule has 11 heteroatoms. The molecular weight excluding hydrogens is 542 g/mol. The van der Waals surface area contributed by atoms with E-state index in [1.165, 1.54) is 13.2 Å². The lowest BCUT2D eigenvalue weighted by Gasteiger charge is -2.17. The summed E-state index contributed by atoms with van der Waals surface area (Å²) in [5, 5.41) is 10.4. The molecule has 0 fully saturated rings. The van der Waals surface area contributed by atoms with Crippen molar-refractivity contribution in [3.8, 4) is 0 Å². The summed E-state index contributed by atoms with van der Waals surface area (Å²) in [6, 6.07) is 13.8. The smallest absolute Gasteiger partial charge is 0.413 e. The number of ether oxygens (including phenoxy) is 4. The Hall–Kier alpha value is -4.93. The zero-order valence-electron chi connectivity index (χ0n) is 24.2. The van der Waals surface area contributed by atoms with E-state index in [1.54, 1.807) is 62.1 Å². The number of methoxy groups -OCH3 is 1. The first kappa shape index (κ1) is 31.6. The number of amides is 2. The highest BCUT2D eigenvalue weighted by Gasteiger charge is 2.33. The van der Waals surface area contributed by atoms with Crippen LogP contribution in [0.15, 0.2) is 66.9 Å².